The van der Waals surface area contributed by atoms with Crippen LogP contribution in [0.3, 0.4) is 0 Å². The van der Waals surface area contributed by atoms with Gasteiger partial charge in [-0.05, 0) is 30.9 Å². The summed E-state index contributed by atoms with van der Waals surface area (Å²) < 4.78 is 2.65. The molecule has 1 heterocycles. The van der Waals surface area contributed by atoms with Crippen molar-refractivity contribution >= 4 is 16.8 Å². The minimum Gasteiger partial charge on any atom is -0.355 e. The lowest BCUT2D eigenvalue weighted by Gasteiger charge is -2.14. The summed E-state index contributed by atoms with van der Waals surface area (Å²) in [4.78, 5) is 37.7. The van der Waals surface area contributed by atoms with Crippen molar-refractivity contribution in [1.82, 2.24) is 14.5 Å². The van der Waals surface area contributed by atoms with Crippen molar-refractivity contribution in [2.45, 2.75) is 53.1 Å². The fourth-order valence-electron chi connectivity index (χ4n) is 2.71. The zero-order valence-electron chi connectivity index (χ0n) is 15.2. The molecule has 6 nitrogen and oxygen atoms in total. The second-order valence-corrected chi connectivity index (χ2v) is 6.73. The summed E-state index contributed by atoms with van der Waals surface area (Å²) in [5.74, 6) is 0.165. The highest BCUT2D eigenvalue weighted by molar-refractivity contribution is 5.81. The van der Waals surface area contributed by atoms with E-state index in [1.165, 1.54) is 9.13 Å². The average molecular weight is 345 g/mol. The van der Waals surface area contributed by atoms with Crippen LogP contribution in [0.2, 0.25) is 0 Å². The number of nitrogens with zero attached hydrogens (tertiary/aromatic N) is 2. The van der Waals surface area contributed by atoms with Gasteiger partial charge < -0.3 is 5.32 Å². The van der Waals surface area contributed by atoms with Gasteiger partial charge in [-0.15, -0.1) is 0 Å². The number of unbranched alkanes of at least 4 members (excludes halogenated alkanes) is 1. The van der Waals surface area contributed by atoms with Crippen LogP contribution in [0.25, 0.3) is 10.9 Å². The number of para-hydroxylation sites is 1. The van der Waals surface area contributed by atoms with Crippen molar-refractivity contribution in [3.63, 3.8) is 0 Å². The number of carbonyl (C=O) groups is 1. The third kappa shape index (κ3) is 4.59. The molecule has 0 bridgehead atoms. The van der Waals surface area contributed by atoms with Crippen molar-refractivity contribution in [2.24, 2.45) is 5.92 Å². The molecule has 1 aromatic heterocycles. The minimum atomic E-state index is -0.421. The Bertz CT molecular complexity index is 849. The van der Waals surface area contributed by atoms with Gasteiger partial charge in [0, 0.05) is 13.1 Å². The van der Waals surface area contributed by atoms with Gasteiger partial charge in [-0.1, -0.05) is 39.3 Å². The molecular weight excluding hydrogens is 318 g/mol. The van der Waals surface area contributed by atoms with Crippen molar-refractivity contribution in [2.75, 3.05) is 6.54 Å². The summed E-state index contributed by atoms with van der Waals surface area (Å²) in [5.41, 5.74) is -0.206. The van der Waals surface area contributed by atoms with Crippen LogP contribution < -0.4 is 16.6 Å². The number of aromatic nitrogens is 2. The van der Waals surface area contributed by atoms with E-state index in [9.17, 15) is 14.4 Å². The summed E-state index contributed by atoms with van der Waals surface area (Å²) >= 11 is 0. The fraction of sp³-hybridized carbons (Fsp3) is 0.526. The highest BCUT2D eigenvalue weighted by Crippen LogP contribution is 2.08. The van der Waals surface area contributed by atoms with E-state index in [1.54, 1.807) is 24.3 Å². The molecule has 0 fully saturated rings. The summed E-state index contributed by atoms with van der Waals surface area (Å²) in [7, 11) is 0. The first-order valence-electron chi connectivity index (χ1n) is 8.94. The van der Waals surface area contributed by atoms with Crippen LogP contribution in [0.1, 0.15) is 40.0 Å². The van der Waals surface area contributed by atoms with E-state index in [1.807, 2.05) is 13.8 Å². The Morgan fingerprint density at radius 1 is 1.16 bits per heavy atom. The molecular formula is C19H27N3O3. The van der Waals surface area contributed by atoms with Gasteiger partial charge in [-0.2, -0.15) is 0 Å². The molecule has 2 rings (SSSR count). The molecule has 6 heteroatoms. The molecule has 1 aromatic carbocycles. The van der Waals surface area contributed by atoms with Gasteiger partial charge in [0.15, 0.2) is 0 Å². The van der Waals surface area contributed by atoms with Crippen LogP contribution in [-0.4, -0.2) is 21.6 Å². The zero-order valence-corrected chi connectivity index (χ0v) is 15.2. The molecule has 25 heavy (non-hydrogen) atoms. The Hall–Kier alpha value is -2.37. The number of carbonyl (C=O) groups excluding carboxylic acids is 1. The van der Waals surface area contributed by atoms with Gasteiger partial charge >= 0.3 is 5.69 Å². The maximum absolute atomic E-state index is 12.8. The first kappa shape index (κ1) is 19.0. The number of hydrogen-bond donors (Lipinski definition) is 1. The molecule has 0 atom stereocenters. The third-order valence-corrected chi connectivity index (χ3v) is 4.22. The van der Waals surface area contributed by atoms with Crippen LogP contribution in [0.5, 0.6) is 0 Å². The third-order valence-electron chi connectivity index (χ3n) is 4.22. The number of amides is 1. The molecule has 0 saturated heterocycles. The van der Waals surface area contributed by atoms with Gasteiger partial charge in [-0.25, -0.2) is 4.79 Å². The monoisotopic (exact) mass is 345 g/mol. The van der Waals surface area contributed by atoms with Crippen LogP contribution >= 0.6 is 0 Å². The molecule has 0 radical (unpaired) electrons. The summed E-state index contributed by atoms with van der Waals surface area (Å²) in [6.07, 6.45) is 2.62. The highest BCUT2D eigenvalue weighted by atomic mass is 16.2. The van der Waals surface area contributed by atoms with E-state index in [-0.39, 0.29) is 18.0 Å². The number of rotatable bonds is 8. The summed E-state index contributed by atoms with van der Waals surface area (Å²) in [6, 6.07) is 6.95. The molecule has 0 saturated carbocycles. The van der Waals surface area contributed by atoms with Gasteiger partial charge in [0.05, 0.1) is 10.9 Å². The van der Waals surface area contributed by atoms with Gasteiger partial charge in [0.1, 0.15) is 6.54 Å². The predicted molar refractivity (Wildman–Crippen MR) is 99.8 cm³/mol. The van der Waals surface area contributed by atoms with Crippen LogP contribution in [0.15, 0.2) is 33.9 Å². The standard InChI is InChI=1S/C19H27N3O3/c1-4-5-11-20-17(23)13-22-16-9-7-6-8-15(16)18(24)21(19(22)25)12-10-14(2)3/h6-9,14H,4-5,10-13H2,1-3H3,(H,20,23). The molecule has 0 aliphatic carbocycles. The first-order chi connectivity index (χ1) is 12.0. The Kier molecular flexibility index (Phi) is 6.56. The lowest BCUT2D eigenvalue weighted by atomic mass is 10.1. The molecule has 0 spiro atoms. The molecule has 0 unspecified atom stereocenters. The normalized spacial score (nSPS) is 11.2. The highest BCUT2D eigenvalue weighted by Gasteiger charge is 2.15. The number of hydrogen-bond acceptors (Lipinski definition) is 3. The number of fused-ring (bicyclic) bond motifs is 1. The van der Waals surface area contributed by atoms with E-state index < -0.39 is 5.69 Å². The minimum absolute atomic E-state index is 0.0784. The Balaban J connectivity index is 2.45. The number of nitrogens with one attached hydrogen (secondary N) is 1. The zero-order chi connectivity index (χ0) is 18.4. The van der Waals surface area contributed by atoms with E-state index in [4.69, 9.17) is 0 Å². The maximum Gasteiger partial charge on any atom is 0.331 e. The molecule has 2 aromatic rings. The first-order valence-corrected chi connectivity index (χ1v) is 8.94. The predicted octanol–water partition coefficient (Wildman–Crippen LogP) is 2.13. The number of benzene rings is 1. The molecule has 1 N–H and O–H groups in total. The van der Waals surface area contributed by atoms with Gasteiger partial charge in [0.2, 0.25) is 5.91 Å². The fourth-order valence-corrected chi connectivity index (χ4v) is 2.71. The SMILES string of the molecule is CCCCNC(=O)Cn1c(=O)n(CCC(C)C)c(=O)c2ccccc21. The van der Waals surface area contributed by atoms with Gasteiger partial charge in [-0.3, -0.25) is 18.7 Å². The van der Waals surface area contributed by atoms with Crippen molar-refractivity contribution in [3.8, 4) is 0 Å². The van der Waals surface area contributed by atoms with E-state index >= 15 is 0 Å². The molecule has 136 valence electrons. The Labute approximate surface area is 147 Å². The average Bonchev–Trinajstić information content (AvgIpc) is 2.58. The second kappa shape index (κ2) is 8.65. The van der Waals surface area contributed by atoms with Crippen LogP contribution in [0, 0.1) is 5.92 Å². The van der Waals surface area contributed by atoms with Crippen LogP contribution in [-0.2, 0) is 17.9 Å². The molecule has 0 aliphatic rings. The lowest BCUT2D eigenvalue weighted by Crippen LogP contribution is -2.43. The Morgan fingerprint density at radius 2 is 1.88 bits per heavy atom. The van der Waals surface area contributed by atoms with Crippen molar-refractivity contribution in [1.29, 1.82) is 0 Å². The maximum atomic E-state index is 12.8. The summed E-state index contributed by atoms with van der Waals surface area (Å²) in [6.45, 7) is 7.02. The van der Waals surface area contributed by atoms with E-state index in [2.05, 4.69) is 12.2 Å². The van der Waals surface area contributed by atoms with Crippen LogP contribution in [0.4, 0.5) is 0 Å². The quantitative estimate of drug-likeness (QED) is 0.745. The lowest BCUT2D eigenvalue weighted by molar-refractivity contribution is -0.121. The molecule has 0 aliphatic heterocycles. The summed E-state index contributed by atoms with van der Waals surface area (Å²) in [5, 5.41) is 3.29. The van der Waals surface area contributed by atoms with Crippen molar-refractivity contribution < 1.29 is 4.79 Å². The molecule has 1 amide bonds. The van der Waals surface area contributed by atoms with E-state index in [0.29, 0.717) is 29.9 Å². The van der Waals surface area contributed by atoms with Gasteiger partial charge in [0.25, 0.3) is 5.56 Å². The van der Waals surface area contributed by atoms with E-state index in [0.717, 1.165) is 19.3 Å². The smallest absolute Gasteiger partial charge is 0.331 e. The Morgan fingerprint density at radius 3 is 2.56 bits per heavy atom. The van der Waals surface area contributed by atoms with Crippen molar-refractivity contribution in [3.05, 3.63) is 45.1 Å². The largest absolute Gasteiger partial charge is 0.355 e. The topological polar surface area (TPSA) is 73.1 Å². The second-order valence-electron chi connectivity index (χ2n) is 6.73.